The van der Waals surface area contributed by atoms with E-state index in [1.54, 1.807) is 12.1 Å². The van der Waals surface area contributed by atoms with E-state index in [1.807, 2.05) is 24.3 Å². The zero-order valence-electron chi connectivity index (χ0n) is 16.7. The molecule has 0 aliphatic heterocycles. The van der Waals surface area contributed by atoms with Crippen LogP contribution in [0.4, 0.5) is 0 Å². The van der Waals surface area contributed by atoms with Crippen molar-refractivity contribution in [1.29, 1.82) is 0 Å². The van der Waals surface area contributed by atoms with E-state index in [1.165, 1.54) is 13.8 Å². The predicted molar refractivity (Wildman–Crippen MR) is 107 cm³/mol. The number of methoxy groups -OCH3 is 1. The lowest BCUT2D eigenvalue weighted by Crippen LogP contribution is -2.16. The summed E-state index contributed by atoms with van der Waals surface area (Å²) in [5, 5.41) is 2.18. The van der Waals surface area contributed by atoms with Crippen molar-refractivity contribution >= 4 is 45.4 Å². The Balaban J connectivity index is 2.58. The molecule has 154 valence electrons. The number of fused-ring (bicyclic) bond motifs is 2. The number of hydrogen-bond acceptors (Lipinski definition) is 8. The normalized spacial score (nSPS) is 10.5. The molecule has 0 aliphatic rings. The second-order valence-electron chi connectivity index (χ2n) is 6.38. The van der Waals surface area contributed by atoms with E-state index in [-0.39, 0.29) is 22.8 Å². The Morgan fingerprint density at radius 2 is 1.10 bits per heavy atom. The zero-order valence-corrected chi connectivity index (χ0v) is 16.7. The summed E-state index contributed by atoms with van der Waals surface area (Å²) in [7, 11) is 1.12. The molecular formula is C22H18O8. The fraction of sp³-hybridized carbons (Fsp3) is 0.182. The highest BCUT2D eigenvalue weighted by molar-refractivity contribution is 6.13. The highest BCUT2D eigenvalue weighted by Gasteiger charge is 2.31. The van der Waals surface area contributed by atoms with Crippen LogP contribution in [0.25, 0.3) is 21.5 Å². The average molecular weight is 410 g/mol. The molecule has 0 saturated heterocycles. The SMILES string of the molecule is COC(=O)c1c(OC(C)=O)c(OC(C)=O)c2cc3ccccc3cc2c1OC(C)=O. The number of carbonyl (C=O) groups excluding carboxylic acids is 4. The number of esters is 4. The molecule has 0 heterocycles. The van der Waals surface area contributed by atoms with E-state index in [4.69, 9.17) is 18.9 Å². The summed E-state index contributed by atoms with van der Waals surface area (Å²) in [5.74, 6) is -3.81. The van der Waals surface area contributed by atoms with E-state index >= 15 is 0 Å². The van der Waals surface area contributed by atoms with Crippen LogP contribution in [-0.4, -0.2) is 31.0 Å². The first-order valence-electron chi connectivity index (χ1n) is 8.89. The largest absolute Gasteiger partial charge is 0.465 e. The molecule has 0 atom stereocenters. The number of rotatable bonds is 4. The molecule has 3 aromatic carbocycles. The average Bonchev–Trinajstić information content (AvgIpc) is 2.68. The molecule has 0 radical (unpaired) electrons. The number of hydrogen-bond donors (Lipinski definition) is 0. The van der Waals surface area contributed by atoms with Crippen LogP contribution < -0.4 is 14.2 Å². The first-order valence-corrected chi connectivity index (χ1v) is 8.89. The second-order valence-corrected chi connectivity index (χ2v) is 6.38. The lowest BCUT2D eigenvalue weighted by Gasteiger charge is -2.19. The van der Waals surface area contributed by atoms with E-state index in [0.717, 1.165) is 24.8 Å². The molecule has 0 spiro atoms. The van der Waals surface area contributed by atoms with Gasteiger partial charge in [0, 0.05) is 31.5 Å². The maximum atomic E-state index is 12.6. The van der Waals surface area contributed by atoms with Crippen molar-refractivity contribution in [2.75, 3.05) is 7.11 Å². The van der Waals surface area contributed by atoms with Gasteiger partial charge in [-0.2, -0.15) is 0 Å². The Morgan fingerprint density at radius 1 is 0.667 bits per heavy atom. The van der Waals surface area contributed by atoms with Crippen LogP contribution in [0.15, 0.2) is 36.4 Å². The molecule has 0 amide bonds. The van der Waals surface area contributed by atoms with Crippen LogP contribution in [0.1, 0.15) is 31.1 Å². The lowest BCUT2D eigenvalue weighted by molar-refractivity contribution is -0.134. The summed E-state index contributed by atoms with van der Waals surface area (Å²) < 4.78 is 20.7. The van der Waals surface area contributed by atoms with Crippen LogP contribution in [0, 0.1) is 0 Å². The number of carbonyl (C=O) groups is 4. The third kappa shape index (κ3) is 3.93. The predicted octanol–water partition coefficient (Wildman–Crippen LogP) is 3.56. The standard InChI is InChI=1S/C22H18O8/c1-11(23)28-19-16-9-14-7-5-6-8-15(14)10-17(16)20(29-12(2)24)21(30-13(3)25)18(19)22(26)27-4/h5-10H,1-4H3. The molecule has 0 bridgehead atoms. The molecule has 0 N–H and O–H groups in total. The molecule has 3 rings (SSSR count). The van der Waals surface area contributed by atoms with Gasteiger partial charge in [0.25, 0.3) is 0 Å². The van der Waals surface area contributed by atoms with Gasteiger partial charge in [0.2, 0.25) is 0 Å². The number of ether oxygens (including phenoxy) is 4. The Bertz CT molecular complexity index is 1210. The Morgan fingerprint density at radius 3 is 1.57 bits per heavy atom. The van der Waals surface area contributed by atoms with Gasteiger partial charge in [0.05, 0.1) is 7.11 Å². The summed E-state index contributed by atoms with van der Waals surface area (Å²) in [6, 6.07) is 10.7. The van der Waals surface area contributed by atoms with Gasteiger partial charge in [-0.15, -0.1) is 0 Å². The first kappa shape index (κ1) is 20.8. The molecule has 0 aromatic heterocycles. The third-order valence-electron chi connectivity index (χ3n) is 4.16. The molecule has 30 heavy (non-hydrogen) atoms. The van der Waals surface area contributed by atoms with E-state index < -0.39 is 23.9 Å². The van der Waals surface area contributed by atoms with Crippen LogP contribution >= 0.6 is 0 Å². The van der Waals surface area contributed by atoms with Crippen LogP contribution in [-0.2, 0) is 19.1 Å². The minimum atomic E-state index is -0.939. The second kappa shape index (κ2) is 8.20. The van der Waals surface area contributed by atoms with Crippen molar-refractivity contribution < 1.29 is 38.1 Å². The van der Waals surface area contributed by atoms with E-state index in [9.17, 15) is 19.2 Å². The van der Waals surface area contributed by atoms with Crippen molar-refractivity contribution in [3.05, 3.63) is 42.0 Å². The molecule has 0 unspecified atom stereocenters. The topological polar surface area (TPSA) is 105 Å². The van der Waals surface area contributed by atoms with Gasteiger partial charge in [0.1, 0.15) is 5.56 Å². The zero-order chi connectivity index (χ0) is 22.0. The van der Waals surface area contributed by atoms with Crippen LogP contribution in [0.2, 0.25) is 0 Å². The van der Waals surface area contributed by atoms with Gasteiger partial charge >= 0.3 is 23.9 Å². The van der Waals surface area contributed by atoms with Gasteiger partial charge in [-0.25, -0.2) is 4.79 Å². The highest BCUT2D eigenvalue weighted by atomic mass is 16.6. The maximum Gasteiger partial charge on any atom is 0.345 e. The van der Waals surface area contributed by atoms with Crippen LogP contribution in [0.3, 0.4) is 0 Å². The van der Waals surface area contributed by atoms with Gasteiger partial charge in [0.15, 0.2) is 17.2 Å². The lowest BCUT2D eigenvalue weighted by atomic mass is 9.98. The molecule has 0 fully saturated rings. The minimum Gasteiger partial charge on any atom is -0.465 e. The highest BCUT2D eigenvalue weighted by Crippen LogP contribution is 2.47. The number of benzene rings is 3. The molecule has 0 aliphatic carbocycles. The van der Waals surface area contributed by atoms with Crippen molar-refractivity contribution in [2.45, 2.75) is 20.8 Å². The van der Waals surface area contributed by atoms with Gasteiger partial charge in [-0.1, -0.05) is 24.3 Å². The molecule has 0 saturated carbocycles. The van der Waals surface area contributed by atoms with Gasteiger partial charge in [-0.05, 0) is 22.9 Å². The van der Waals surface area contributed by atoms with Gasteiger partial charge < -0.3 is 18.9 Å². The molecule has 3 aromatic rings. The van der Waals surface area contributed by atoms with Crippen LogP contribution in [0.5, 0.6) is 17.2 Å². The van der Waals surface area contributed by atoms with Crippen molar-refractivity contribution in [3.63, 3.8) is 0 Å². The van der Waals surface area contributed by atoms with E-state index in [2.05, 4.69) is 0 Å². The summed E-state index contributed by atoms with van der Waals surface area (Å²) in [6.45, 7) is 3.45. The van der Waals surface area contributed by atoms with Crippen molar-refractivity contribution in [1.82, 2.24) is 0 Å². The summed E-state index contributed by atoms with van der Waals surface area (Å²) in [6.07, 6.45) is 0. The summed E-state index contributed by atoms with van der Waals surface area (Å²) >= 11 is 0. The third-order valence-corrected chi connectivity index (χ3v) is 4.16. The molecule has 8 heteroatoms. The Labute approximate surface area is 171 Å². The van der Waals surface area contributed by atoms with Crippen molar-refractivity contribution in [3.8, 4) is 17.2 Å². The molecular weight excluding hydrogens is 392 g/mol. The quantitative estimate of drug-likeness (QED) is 0.365. The fourth-order valence-electron chi connectivity index (χ4n) is 3.11. The van der Waals surface area contributed by atoms with Gasteiger partial charge in [-0.3, -0.25) is 14.4 Å². The Hall–Kier alpha value is -3.94. The van der Waals surface area contributed by atoms with Crippen molar-refractivity contribution in [2.24, 2.45) is 0 Å². The summed E-state index contributed by atoms with van der Waals surface area (Å²) in [5.41, 5.74) is -0.345. The smallest absolute Gasteiger partial charge is 0.345 e. The fourth-order valence-corrected chi connectivity index (χ4v) is 3.11. The summed E-state index contributed by atoms with van der Waals surface area (Å²) in [4.78, 5) is 48.0. The maximum absolute atomic E-state index is 12.6. The Kier molecular flexibility index (Phi) is 5.68. The molecule has 8 nitrogen and oxygen atoms in total. The van der Waals surface area contributed by atoms with E-state index in [0.29, 0.717) is 10.8 Å². The minimum absolute atomic E-state index is 0.158. The first-order chi connectivity index (χ1) is 14.2. The monoisotopic (exact) mass is 410 g/mol.